The number of alkyl halides is 1. The molecule has 0 heterocycles. The van der Waals surface area contributed by atoms with E-state index >= 15 is 0 Å². The summed E-state index contributed by atoms with van der Waals surface area (Å²) < 4.78 is 11.6. The van der Waals surface area contributed by atoms with Gasteiger partial charge in [0.05, 0.1) is 0 Å². The first-order chi connectivity index (χ1) is 5.33. The number of hydrogen-bond donors (Lipinski definition) is 1. The first-order valence-corrected chi connectivity index (χ1v) is 3.23. The molecule has 0 radical (unpaired) electrons. The molecule has 0 spiro atoms. The van der Waals surface area contributed by atoms with Crippen LogP contribution in [-0.2, 0) is 0 Å². The van der Waals surface area contributed by atoms with Crippen LogP contribution < -0.4 is 5.73 Å². The number of halogens is 1. The van der Waals surface area contributed by atoms with Gasteiger partial charge in [0.25, 0.3) is 0 Å². The van der Waals surface area contributed by atoms with Crippen molar-refractivity contribution in [1.29, 1.82) is 0 Å². The van der Waals surface area contributed by atoms with E-state index in [0.717, 1.165) is 5.56 Å². The van der Waals surface area contributed by atoms with Crippen molar-refractivity contribution in [3.63, 3.8) is 0 Å². The van der Waals surface area contributed by atoms with Crippen LogP contribution in [0.5, 0.6) is 0 Å². The van der Waals surface area contributed by atoms with E-state index in [-0.39, 0.29) is 0 Å². The number of nitrogen functional groups attached to an aromatic ring is 1. The predicted molar refractivity (Wildman–Crippen MR) is 43.7 cm³/mol. The predicted octanol–water partition coefficient (Wildman–Crippen LogP) is 1.59. The lowest BCUT2D eigenvalue weighted by Crippen LogP contribution is -1.83. The van der Waals surface area contributed by atoms with Crippen molar-refractivity contribution in [2.75, 3.05) is 12.4 Å². The van der Waals surface area contributed by atoms with E-state index in [1.807, 2.05) is 0 Å². The molecule has 0 aromatic heterocycles. The standard InChI is InChI=1S/C9H8FN/c10-7-1-2-8-3-5-9(11)6-4-8/h3-6H,7,11H2. The average molecular weight is 149 g/mol. The monoisotopic (exact) mass is 149 g/mol. The molecule has 1 aromatic carbocycles. The van der Waals surface area contributed by atoms with Crippen LogP contribution in [-0.4, -0.2) is 6.67 Å². The van der Waals surface area contributed by atoms with Crippen LogP contribution in [0.25, 0.3) is 0 Å². The zero-order chi connectivity index (χ0) is 8.10. The van der Waals surface area contributed by atoms with Crippen LogP contribution in [0.3, 0.4) is 0 Å². The first kappa shape index (κ1) is 7.62. The molecule has 1 rings (SSSR count). The van der Waals surface area contributed by atoms with Crippen molar-refractivity contribution in [2.45, 2.75) is 0 Å². The molecule has 2 N–H and O–H groups in total. The molecule has 0 unspecified atom stereocenters. The van der Waals surface area contributed by atoms with E-state index in [0.29, 0.717) is 5.69 Å². The summed E-state index contributed by atoms with van der Waals surface area (Å²) in [6.45, 7) is -0.607. The summed E-state index contributed by atoms with van der Waals surface area (Å²) in [4.78, 5) is 0. The summed E-state index contributed by atoms with van der Waals surface area (Å²) in [6.07, 6.45) is 0. The Morgan fingerprint density at radius 2 is 1.91 bits per heavy atom. The molecular formula is C9H8FN. The van der Waals surface area contributed by atoms with Gasteiger partial charge in [0.1, 0.15) is 0 Å². The Morgan fingerprint density at radius 3 is 2.45 bits per heavy atom. The second-order valence-electron chi connectivity index (χ2n) is 2.06. The number of rotatable bonds is 0. The summed E-state index contributed by atoms with van der Waals surface area (Å²) in [7, 11) is 0. The molecule has 11 heavy (non-hydrogen) atoms. The minimum absolute atomic E-state index is 0.607. The minimum atomic E-state index is -0.607. The van der Waals surface area contributed by atoms with Gasteiger partial charge in [-0.15, -0.1) is 0 Å². The van der Waals surface area contributed by atoms with Crippen molar-refractivity contribution >= 4 is 5.69 Å². The number of nitrogens with two attached hydrogens (primary N) is 1. The highest BCUT2D eigenvalue weighted by atomic mass is 19.1. The van der Waals surface area contributed by atoms with Crippen LogP contribution in [0.15, 0.2) is 24.3 Å². The molecule has 56 valence electrons. The third-order valence-corrected chi connectivity index (χ3v) is 1.21. The highest BCUT2D eigenvalue weighted by molar-refractivity contribution is 5.44. The van der Waals surface area contributed by atoms with Crippen LogP contribution in [0, 0.1) is 11.8 Å². The van der Waals surface area contributed by atoms with Crippen molar-refractivity contribution < 1.29 is 4.39 Å². The van der Waals surface area contributed by atoms with Gasteiger partial charge in [-0.3, -0.25) is 0 Å². The van der Waals surface area contributed by atoms with Crippen LogP contribution in [0.1, 0.15) is 5.56 Å². The molecule has 0 amide bonds. The maximum absolute atomic E-state index is 11.6. The maximum atomic E-state index is 11.6. The van der Waals surface area contributed by atoms with E-state index in [1.54, 1.807) is 24.3 Å². The summed E-state index contributed by atoms with van der Waals surface area (Å²) in [5.41, 5.74) is 6.91. The van der Waals surface area contributed by atoms with Gasteiger partial charge in [0.15, 0.2) is 6.67 Å². The first-order valence-electron chi connectivity index (χ1n) is 3.23. The molecule has 0 atom stereocenters. The van der Waals surface area contributed by atoms with Crippen molar-refractivity contribution in [3.8, 4) is 11.8 Å². The highest BCUT2D eigenvalue weighted by Crippen LogP contribution is 2.03. The Hall–Kier alpha value is -1.49. The zero-order valence-corrected chi connectivity index (χ0v) is 5.97. The largest absolute Gasteiger partial charge is 0.399 e. The molecule has 0 aliphatic carbocycles. The fourth-order valence-electron chi connectivity index (χ4n) is 0.702. The third kappa shape index (κ3) is 2.30. The van der Waals surface area contributed by atoms with Crippen molar-refractivity contribution in [2.24, 2.45) is 0 Å². The third-order valence-electron chi connectivity index (χ3n) is 1.21. The van der Waals surface area contributed by atoms with Gasteiger partial charge >= 0.3 is 0 Å². The molecule has 0 saturated heterocycles. The molecule has 0 bridgehead atoms. The Morgan fingerprint density at radius 1 is 1.27 bits per heavy atom. The van der Waals surface area contributed by atoms with E-state index in [2.05, 4.69) is 11.8 Å². The van der Waals surface area contributed by atoms with Gasteiger partial charge in [-0.1, -0.05) is 11.8 Å². The number of benzene rings is 1. The molecule has 2 heteroatoms. The fourth-order valence-corrected chi connectivity index (χ4v) is 0.702. The summed E-state index contributed by atoms with van der Waals surface area (Å²) in [5, 5.41) is 0. The van der Waals surface area contributed by atoms with Crippen LogP contribution in [0.2, 0.25) is 0 Å². The van der Waals surface area contributed by atoms with E-state index in [1.165, 1.54) is 0 Å². The molecule has 1 aromatic rings. The van der Waals surface area contributed by atoms with E-state index in [9.17, 15) is 4.39 Å². The Labute approximate surface area is 65.0 Å². The van der Waals surface area contributed by atoms with Crippen molar-refractivity contribution in [1.82, 2.24) is 0 Å². The van der Waals surface area contributed by atoms with Crippen LogP contribution in [0.4, 0.5) is 10.1 Å². The maximum Gasteiger partial charge on any atom is 0.150 e. The second-order valence-corrected chi connectivity index (χ2v) is 2.06. The van der Waals surface area contributed by atoms with Gasteiger partial charge in [-0.2, -0.15) is 0 Å². The number of anilines is 1. The molecule has 0 aliphatic rings. The second kappa shape index (κ2) is 3.62. The Kier molecular flexibility index (Phi) is 2.51. The summed E-state index contributed by atoms with van der Waals surface area (Å²) >= 11 is 0. The topological polar surface area (TPSA) is 26.0 Å². The SMILES string of the molecule is Nc1ccc(C#CCF)cc1. The number of hydrogen-bond acceptors (Lipinski definition) is 1. The van der Waals surface area contributed by atoms with Crippen LogP contribution >= 0.6 is 0 Å². The summed E-state index contributed by atoms with van der Waals surface area (Å²) in [6, 6.07) is 7.00. The van der Waals surface area contributed by atoms with Gasteiger partial charge in [-0.05, 0) is 24.3 Å². The van der Waals surface area contributed by atoms with E-state index in [4.69, 9.17) is 5.73 Å². The Balaban J connectivity index is 2.82. The average Bonchev–Trinajstić information content (AvgIpc) is 2.04. The molecule has 0 saturated carbocycles. The van der Waals surface area contributed by atoms with Gasteiger partial charge in [0.2, 0.25) is 0 Å². The minimum Gasteiger partial charge on any atom is -0.399 e. The lowest BCUT2D eigenvalue weighted by atomic mass is 10.2. The lowest BCUT2D eigenvalue weighted by Gasteiger charge is -1.90. The molecule has 0 aliphatic heterocycles. The van der Waals surface area contributed by atoms with Gasteiger partial charge in [-0.25, -0.2) is 4.39 Å². The summed E-state index contributed by atoms with van der Waals surface area (Å²) in [5.74, 6) is 4.97. The highest BCUT2D eigenvalue weighted by Gasteiger charge is 1.84. The Bertz CT molecular complexity index is 279. The van der Waals surface area contributed by atoms with E-state index < -0.39 is 6.67 Å². The molecule has 1 nitrogen and oxygen atoms in total. The molecular weight excluding hydrogens is 141 g/mol. The zero-order valence-electron chi connectivity index (χ0n) is 5.97. The van der Waals surface area contributed by atoms with Crippen molar-refractivity contribution in [3.05, 3.63) is 29.8 Å². The fraction of sp³-hybridized carbons (Fsp3) is 0.111. The smallest absolute Gasteiger partial charge is 0.150 e. The quantitative estimate of drug-likeness (QED) is 0.440. The van der Waals surface area contributed by atoms with Gasteiger partial charge < -0.3 is 5.73 Å². The normalized spacial score (nSPS) is 8.45. The van der Waals surface area contributed by atoms with Gasteiger partial charge in [0, 0.05) is 11.3 Å². The lowest BCUT2D eigenvalue weighted by molar-refractivity contribution is 0.573. The molecule has 0 fully saturated rings.